The first-order chi connectivity index (χ1) is 9.02. The molecule has 0 saturated heterocycles. The van der Waals surface area contributed by atoms with Crippen LogP contribution in [0.15, 0.2) is 40.9 Å². The Morgan fingerprint density at radius 1 is 1.05 bits per heavy atom. The molecule has 2 aromatic carbocycles. The van der Waals surface area contributed by atoms with Crippen molar-refractivity contribution in [1.29, 1.82) is 0 Å². The van der Waals surface area contributed by atoms with Gasteiger partial charge in [0.25, 0.3) is 0 Å². The molecule has 0 aliphatic rings. The van der Waals surface area contributed by atoms with Crippen LogP contribution in [0, 0.1) is 13.8 Å². The Morgan fingerprint density at radius 2 is 1.74 bits per heavy atom. The summed E-state index contributed by atoms with van der Waals surface area (Å²) in [6.07, 6.45) is -0.638. The quantitative estimate of drug-likeness (QED) is 0.920. The molecule has 0 aliphatic heterocycles. The first-order valence-electron chi connectivity index (χ1n) is 6.11. The monoisotopic (exact) mass is 320 g/mol. The molecule has 100 valence electrons. The van der Waals surface area contributed by atoms with Crippen molar-refractivity contribution in [3.05, 3.63) is 63.1 Å². The molecule has 2 aromatic rings. The van der Waals surface area contributed by atoms with Crippen molar-refractivity contribution in [2.45, 2.75) is 20.0 Å². The number of aryl methyl sites for hydroxylation is 2. The lowest BCUT2D eigenvalue weighted by atomic mass is 9.96. The first-order valence-corrected chi connectivity index (χ1v) is 6.91. The first kappa shape index (κ1) is 14.1. The van der Waals surface area contributed by atoms with Crippen molar-refractivity contribution in [2.75, 3.05) is 7.11 Å². The van der Waals surface area contributed by atoms with E-state index < -0.39 is 6.10 Å². The molecule has 0 radical (unpaired) electrons. The van der Waals surface area contributed by atoms with Crippen molar-refractivity contribution in [1.82, 2.24) is 0 Å². The van der Waals surface area contributed by atoms with Crippen LogP contribution in [0.2, 0.25) is 0 Å². The lowest BCUT2D eigenvalue weighted by Crippen LogP contribution is -2.03. The highest BCUT2D eigenvalue weighted by atomic mass is 79.9. The molecule has 1 unspecified atom stereocenters. The van der Waals surface area contributed by atoms with E-state index in [1.807, 2.05) is 44.2 Å². The molecule has 0 saturated carbocycles. The number of ether oxygens (including phenoxy) is 1. The Hall–Kier alpha value is -1.32. The standard InChI is InChI=1S/C16H17BrO2/c1-10-4-6-13(11(2)8-10)16(18)14-7-5-12(19-3)9-15(14)17/h4-9,16,18H,1-3H3. The maximum Gasteiger partial charge on any atom is 0.120 e. The topological polar surface area (TPSA) is 29.5 Å². The van der Waals surface area contributed by atoms with Crippen LogP contribution in [0.1, 0.15) is 28.4 Å². The third kappa shape index (κ3) is 2.99. The molecule has 1 atom stereocenters. The average Bonchev–Trinajstić information content (AvgIpc) is 2.37. The van der Waals surface area contributed by atoms with E-state index >= 15 is 0 Å². The lowest BCUT2D eigenvalue weighted by Gasteiger charge is -2.16. The summed E-state index contributed by atoms with van der Waals surface area (Å²) in [5, 5.41) is 10.5. The molecule has 0 spiro atoms. The molecule has 0 aliphatic carbocycles. The molecular weight excluding hydrogens is 304 g/mol. The van der Waals surface area contributed by atoms with Gasteiger partial charge in [-0.25, -0.2) is 0 Å². The summed E-state index contributed by atoms with van der Waals surface area (Å²) in [7, 11) is 1.63. The van der Waals surface area contributed by atoms with Crippen molar-refractivity contribution < 1.29 is 9.84 Å². The summed E-state index contributed by atoms with van der Waals surface area (Å²) < 4.78 is 6.01. The van der Waals surface area contributed by atoms with E-state index in [2.05, 4.69) is 22.0 Å². The van der Waals surface area contributed by atoms with Crippen molar-refractivity contribution in [3.63, 3.8) is 0 Å². The largest absolute Gasteiger partial charge is 0.497 e. The third-order valence-electron chi connectivity index (χ3n) is 3.22. The summed E-state index contributed by atoms with van der Waals surface area (Å²) in [6.45, 7) is 4.06. The normalized spacial score (nSPS) is 12.3. The van der Waals surface area contributed by atoms with Crippen molar-refractivity contribution >= 4 is 15.9 Å². The van der Waals surface area contributed by atoms with E-state index in [0.29, 0.717) is 0 Å². The Labute approximate surface area is 122 Å². The van der Waals surface area contributed by atoms with E-state index in [-0.39, 0.29) is 0 Å². The Kier molecular flexibility index (Phi) is 4.27. The predicted octanol–water partition coefficient (Wildman–Crippen LogP) is 4.16. The van der Waals surface area contributed by atoms with Crippen molar-refractivity contribution in [3.8, 4) is 5.75 Å². The zero-order valence-electron chi connectivity index (χ0n) is 11.3. The smallest absolute Gasteiger partial charge is 0.120 e. The summed E-state index contributed by atoms with van der Waals surface area (Å²) in [5.41, 5.74) is 4.06. The fourth-order valence-electron chi connectivity index (χ4n) is 2.16. The summed E-state index contributed by atoms with van der Waals surface area (Å²) >= 11 is 3.48. The van der Waals surface area contributed by atoms with Crippen LogP contribution in [-0.2, 0) is 0 Å². The summed E-state index contributed by atoms with van der Waals surface area (Å²) in [4.78, 5) is 0. The second-order valence-corrected chi connectivity index (χ2v) is 5.50. The highest BCUT2D eigenvalue weighted by Crippen LogP contribution is 2.32. The highest BCUT2D eigenvalue weighted by molar-refractivity contribution is 9.10. The Bertz CT molecular complexity index is 593. The SMILES string of the molecule is COc1ccc(C(O)c2ccc(C)cc2C)c(Br)c1. The highest BCUT2D eigenvalue weighted by Gasteiger charge is 2.16. The number of hydrogen-bond acceptors (Lipinski definition) is 2. The minimum absolute atomic E-state index is 0.638. The van der Waals surface area contributed by atoms with Gasteiger partial charge in [0.15, 0.2) is 0 Å². The van der Waals surface area contributed by atoms with E-state index in [1.54, 1.807) is 7.11 Å². The minimum atomic E-state index is -0.638. The number of aliphatic hydroxyl groups is 1. The van der Waals surface area contributed by atoms with Crippen LogP contribution in [0.4, 0.5) is 0 Å². The maximum atomic E-state index is 10.5. The number of methoxy groups -OCH3 is 1. The van der Waals surface area contributed by atoms with Gasteiger partial charge in [-0.05, 0) is 42.7 Å². The molecule has 0 bridgehead atoms. The Morgan fingerprint density at radius 3 is 2.32 bits per heavy atom. The van der Waals surface area contributed by atoms with E-state index in [9.17, 15) is 5.11 Å². The van der Waals surface area contributed by atoms with Crippen molar-refractivity contribution in [2.24, 2.45) is 0 Å². The molecular formula is C16H17BrO2. The zero-order chi connectivity index (χ0) is 14.0. The van der Waals surface area contributed by atoms with Gasteiger partial charge in [0.2, 0.25) is 0 Å². The number of hydrogen-bond donors (Lipinski definition) is 1. The van der Waals surface area contributed by atoms with Crippen LogP contribution < -0.4 is 4.74 Å². The van der Waals surface area contributed by atoms with E-state index in [4.69, 9.17) is 4.74 Å². The van der Waals surface area contributed by atoms with Crippen LogP contribution in [0.25, 0.3) is 0 Å². The lowest BCUT2D eigenvalue weighted by molar-refractivity contribution is 0.218. The van der Waals surface area contributed by atoms with Gasteiger partial charge < -0.3 is 9.84 Å². The molecule has 3 heteroatoms. The van der Waals surface area contributed by atoms with Crippen LogP contribution >= 0.6 is 15.9 Å². The van der Waals surface area contributed by atoms with Gasteiger partial charge in [0.1, 0.15) is 11.9 Å². The molecule has 0 aromatic heterocycles. The third-order valence-corrected chi connectivity index (χ3v) is 3.91. The number of benzene rings is 2. The number of rotatable bonds is 3. The molecule has 0 fully saturated rings. The van der Waals surface area contributed by atoms with Gasteiger partial charge >= 0.3 is 0 Å². The van der Waals surface area contributed by atoms with Crippen LogP contribution in [-0.4, -0.2) is 12.2 Å². The van der Waals surface area contributed by atoms with Gasteiger partial charge in [-0.15, -0.1) is 0 Å². The van der Waals surface area contributed by atoms with E-state index in [1.165, 1.54) is 5.56 Å². The summed E-state index contributed by atoms with van der Waals surface area (Å²) in [5.74, 6) is 0.767. The zero-order valence-corrected chi connectivity index (χ0v) is 12.9. The molecule has 19 heavy (non-hydrogen) atoms. The molecule has 0 amide bonds. The van der Waals surface area contributed by atoms with Crippen LogP contribution in [0.5, 0.6) is 5.75 Å². The second-order valence-electron chi connectivity index (χ2n) is 4.65. The predicted molar refractivity (Wildman–Crippen MR) is 80.7 cm³/mol. The molecule has 2 rings (SSSR count). The maximum absolute atomic E-state index is 10.5. The minimum Gasteiger partial charge on any atom is -0.497 e. The second kappa shape index (κ2) is 5.76. The fourth-order valence-corrected chi connectivity index (χ4v) is 2.73. The van der Waals surface area contributed by atoms with Gasteiger partial charge in [0, 0.05) is 4.47 Å². The molecule has 2 nitrogen and oxygen atoms in total. The van der Waals surface area contributed by atoms with Gasteiger partial charge in [-0.1, -0.05) is 45.8 Å². The molecule has 1 N–H and O–H groups in total. The van der Waals surface area contributed by atoms with Gasteiger partial charge in [-0.3, -0.25) is 0 Å². The number of aliphatic hydroxyl groups excluding tert-OH is 1. The van der Waals surface area contributed by atoms with Gasteiger partial charge in [-0.2, -0.15) is 0 Å². The van der Waals surface area contributed by atoms with Crippen LogP contribution in [0.3, 0.4) is 0 Å². The average molecular weight is 321 g/mol. The molecule has 0 heterocycles. The van der Waals surface area contributed by atoms with E-state index in [0.717, 1.165) is 26.9 Å². The fraction of sp³-hybridized carbons (Fsp3) is 0.250. The summed E-state index contributed by atoms with van der Waals surface area (Å²) in [6, 6.07) is 11.7. The van der Waals surface area contributed by atoms with Gasteiger partial charge in [0.05, 0.1) is 7.11 Å². The number of halogens is 1. The Balaban J connectivity index is 2.41.